The molecular weight excluding hydrogens is 505 g/mol. The van der Waals surface area contributed by atoms with Crippen LogP contribution in [0.1, 0.15) is 38.4 Å². The van der Waals surface area contributed by atoms with Crippen molar-refractivity contribution in [2.45, 2.75) is 6.43 Å². The molecule has 10 heteroatoms. The van der Waals surface area contributed by atoms with Gasteiger partial charge in [0.25, 0.3) is 12.3 Å². The third-order valence-corrected chi connectivity index (χ3v) is 5.85. The monoisotopic (exact) mass is 520 g/mol. The van der Waals surface area contributed by atoms with Crippen LogP contribution in [0, 0.1) is 5.82 Å². The predicted molar refractivity (Wildman–Crippen MR) is 133 cm³/mol. The molecule has 1 N–H and O–H groups in total. The number of hydrogen-bond acceptors (Lipinski definition) is 4. The minimum atomic E-state index is -2.92. The number of benzene rings is 3. The molecule has 1 amide bonds. The molecule has 0 saturated carbocycles. The number of ketones is 1. The van der Waals surface area contributed by atoms with Crippen molar-refractivity contribution in [3.8, 4) is 11.3 Å². The molecular formula is C27H16ClF3N4O2. The predicted octanol–water partition coefficient (Wildman–Crippen LogP) is 6.61. The quantitative estimate of drug-likeness (QED) is 0.256. The van der Waals surface area contributed by atoms with Crippen molar-refractivity contribution in [1.29, 1.82) is 0 Å². The zero-order valence-electron chi connectivity index (χ0n) is 18.8. The third kappa shape index (κ3) is 4.81. The summed E-state index contributed by atoms with van der Waals surface area (Å²) in [7, 11) is 0. The van der Waals surface area contributed by atoms with Crippen LogP contribution < -0.4 is 5.32 Å². The van der Waals surface area contributed by atoms with Gasteiger partial charge in [0.05, 0.1) is 17.6 Å². The lowest BCUT2D eigenvalue weighted by atomic mass is 10.0. The number of carbonyl (C=O) groups is 2. The molecule has 5 aromatic rings. The number of rotatable bonds is 6. The van der Waals surface area contributed by atoms with Crippen molar-refractivity contribution in [1.82, 2.24) is 14.6 Å². The highest BCUT2D eigenvalue weighted by Gasteiger charge is 2.23. The number of hydrogen-bond donors (Lipinski definition) is 1. The number of amides is 1. The molecule has 0 fully saturated rings. The van der Waals surface area contributed by atoms with E-state index in [1.807, 2.05) is 0 Å². The van der Waals surface area contributed by atoms with Crippen LogP contribution in [-0.4, -0.2) is 26.3 Å². The number of halogens is 4. The Labute approximate surface area is 213 Å². The molecule has 0 aliphatic carbocycles. The summed E-state index contributed by atoms with van der Waals surface area (Å²) in [4.78, 5) is 30.7. The maximum atomic E-state index is 13.9. The van der Waals surface area contributed by atoms with E-state index in [1.165, 1.54) is 42.5 Å². The fourth-order valence-corrected chi connectivity index (χ4v) is 3.99. The second-order valence-electron chi connectivity index (χ2n) is 8.01. The molecule has 0 aliphatic rings. The first-order valence-corrected chi connectivity index (χ1v) is 11.3. The Morgan fingerprint density at radius 2 is 1.65 bits per heavy atom. The van der Waals surface area contributed by atoms with Crippen LogP contribution >= 0.6 is 11.6 Å². The van der Waals surface area contributed by atoms with E-state index >= 15 is 0 Å². The Kier molecular flexibility index (Phi) is 6.45. The summed E-state index contributed by atoms with van der Waals surface area (Å²) >= 11 is 6.11. The highest BCUT2D eigenvalue weighted by Crippen LogP contribution is 2.28. The first-order chi connectivity index (χ1) is 17.8. The molecule has 2 aromatic heterocycles. The van der Waals surface area contributed by atoms with Crippen LogP contribution in [-0.2, 0) is 0 Å². The van der Waals surface area contributed by atoms with Crippen LogP contribution in [0.2, 0.25) is 5.02 Å². The van der Waals surface area contributed by atoms with E-state index in [0.717, 1.165) is 16.8 Å². The average molecular weight is 521 g/mol. The first-order valence-electron chi connectivity index (χ1n) is 11.0. The number of alkyl halides is 2. The van der Waals surface area contributed by atoms with Gasteiger partial charge in [-0.15, -0.1) is 0 Å². The standard InChI is InChI=1S/C27H16ClF3N4O2/c28-17-8-11-21(19(12-17)24(36)16-4-2-1-3-5-16)34-27(37)20-14-32-35-23(25(30)31)13-22(33-26(20)35)15-6-9-18(29)10-7-15/h1-14,25H,(H,34,37). The summed E-state index contributed by atoms with van der Waals surface area (Å²) in [5, 5.41) is 6.88. The summed E-state index contributed by atoms with van der Waals surface area (Å²) in [6.07, 6.45) is -1.81. The molecule has 3 aromatic carbocycles. The van der Waals surface area contributed by atoms with Crippen molar-refractivity contribution in [3.63, 3.8) is 0 Å². The molecule has 0 aliphatic heterocycles. The lowest BCUT2D eigenvalue weighted by Gasteiger charge is -2.11. The molecule has 2 heterocycles. The molecule has 0 spiro atoms. The summed E-state index contributed by atoms with van der Waals surface area (Å²) in [5.74, 6) is -1.58. The molecule has 6 nitrogen and oxygen atoms in total. The van der Waals surface area contributed by atoms with E-state index in [-0.39, 0.29) is 33.9 Å². The van der Waals surface area contributed by atoms with Gasteiger partial charge in [-0.25, -0.2) is 22.7 Å². The van der Waals surface area contributed by atoms with Crippen molar-refractivity contribution in [3.05, 3.63) is 118 Å². The lowest BCUT2D eigenvalue weighted by Crippen LogP contribution is -2.16. The van der Waals surface area contributed by atoms with Gasteiger partial charge >= 0.3 is 0 Å². The van der Waals surface area contributed by atoms with Gasteiger partial charge in [0.15, 0.2) is 11.4 Å². The number of anilines is 1. The van der Waals surface area contributed by atoms with E-state index in [0.29, 0.717) is 16.1 Å². The Balaban J connectivity index is 1.56. The third-order valence-electron chi connectivity index (χ3n) is 5.62. The number of aromatic nitrogens is 3. The smallest absolute Gasteiger partial charge is 0.280 e. The highest BCUT2D eigenvalue weighted by molar-refractivity contribution is 6.31. The number of carbonyl (C=O) groups excluding carboxylic acids is 2. The summed E-state index contributed by atoms with van der Waals surface area (Å²) in [5.41, 5.74) is 0.496. The van der Waals surface area contributed by atoms with Crippen molar-refractivity contribution in [2.24, 2.45) is 0 Å². The molecule has 0 bridgehead atoms. The van der Waals surface area contributed by atoms with Gasteiger partial charge in [0.2, 0.25) is 0 Å². The van der Waals surface area contributed by atoms with Gasteiger partial charge in [-0.1, -0.05) is 41.9 Å². The van der Waals surface area contributed by atoms with Crippen LogP contribution in [0.4, 0.5) is 18.9 Å². The Morgan fingerprint density at radius 1 is 0.919 bits per heavy atom. The summed E-state index contributed by atoms with van der Waals surface area (Å²) in [6, 6.07) is 19.2. The molecule has 0 atom stereocenters. The van der Waals surface area contributed by atoms with Gasteiger partial charge in [0.1, 0.15) is 17.1 Å². The maximum absolute atomic E-state index is 13.9. The topological polar surface area (TPSA) is 76.4 Å². The molecule has 184 valence electrons. The van der Waals surface area contributed by atoms with E-state index < -0.39 is 23.8 Å². The second-order valence-corrected chi connectivity index (χ2v) is 8.44. The molecule has 0 radical (unpaired) electrons. The van der Waals surface area contributed by atoms with Gasteiger partial charge in [-0.2, -0.15) is 5.10 Å². The van der Waals surface area contributed by atoms with Crippen molar-refractivity contribution < 1.29 is 22.8 Å². The number of nitrogens with zero attached hydrogens (tertiary/aromatic N) is 3. The zero-order chi connectivity index (χ0) is 26.1. The Morgan fingerprint density at radius 3 is 2.35 bits per heavy atom. The fourth-order valence-electron chi connectivity index (χ4n) is 3.82. The number of nitrogens with one attached hydrogen (secondary N) is 1. The molecule has 0 saturated heterocycles. The van der Waals surface area contributed by atoms with Crippen LogP contribution in [0.25, 0.3) is 16.9 Å². The SMILES string of the molecule is O=C(c1ccccc1)c1cc(Cl)ccc1NC(=O)c1cnn2c(C(F)F)cc(-c3ccc(F)cc3)nc12. The minimum absolute atomic E-state index is 0.0982. The van der Waals surface area contributed by atoms with Crippen LogP contribution in [0.5, 0.6) is 0 Å². The molecule has 0 unspecified atom stereocenters. The van der Waals surface area contributed by atoms with Crippen LogP contribution in [0.3, 0.4) is 0 Å². The van der Waals surface area contributed by atoms with E-state index in [9.17, 15) is 22.8 Å². The van der Waals surface area contributed by atoms with E-state index in [1.54, 1.807) is 30.3 Å². The normalized spacial score (nSPS) is 11.2. The lowest BCUT2D eigenvalue weighted by molar-refractivity contribution is 0.102. The molecule has 5 rings (SSSR count). The van der Waals surface area contributed by atoms with Crippen molar-refractivity contribution in [2.75, 3.05) is 5.32 Å². The average Bonchev–Trinajstić information content (AvgIpc) is 3.34. The van der Waals surface area contributed by atoms with Crippen LogP contribution in [0.15, 0.2) is 85.1 Å². The van der Waals surface area contributed by atoms with Gasteiger partial charge in [-0.3, -0.25) is 9.59 Å². The Bertz CT molecular complexity index is 1640. The largest absolute Gasteiger partial charge is 0.321 e. The van der Waals surface area contributed by atoms with Crippen molar-refractivity contribution >= 4 is 34.6 Å². The van der Waals surface area contributed by atoms with Gasteiger partial charge < -0.3 is 5.32 Å². The fraction of sp³-hybridized carbons (Fsp3) is 0.0370. The second kappa shape index (κ2) is 9.87. The maximum Gasteiger partial charge on any atom is 0.280 e. The number of fused-ring (bicyclic) bond motifs is 1. The summed E-state index contributed by atoms with van der Waals surface area (Å²) < 4.78 is 42.0. The summed E-state index contributed by atoms with van der Waals surface area (Å²) in [6.45, 7) is 0. The van der Waals surface area contributed by atoms with Gasteiger partial charge in [0, 0.05) is 21.7 Å². The molecule has 37 heavy (non-hydrogen) atoms. The first kappa shape index (κ1) is 24.2. The van der Waals surface area contributed by atoms with E-state index in [2.05, 4.69) is 15.4 Å². The highest BCUT2D eigenvalue weighted by atomic mass is 35.5. The Hall–Kier alpha value is -4.50. The van der Waals surface area contributed by atoms with Gasteiger partial charge in [-0.05, 0) is 48.5 Å². The van der Waals surface area contributed by atoms with E-state index in [4.69, 9.17) is 11.6 Å². The minimum Gasteiger partial charge on any atom is -0.321 e. The zero-order valence-corrected chi connectivity index (χ0v) is 19.6.